The summed E-state index contributed by atoms with van der Waals surface area (Å²) >= 11 is 6.13. The lowest BCUT2D eigenvalue weighted by molar-refractivity contribution is -0.140. The maximum Gasteiger partial charge on any atom is 0.405 e. The van der Waals surface area contributed by atoms with Crippen LogP contribution in [0.5, 0.6) is 0 Å². The Morgan fingerprint density at radius 3 is 2.42 bits per heavy atom. The average Bonchev–Trinajstić information content (AvgIpc) is 3.22. The van der Waals surface area contributed by atoms with Gasteiger partial charge in [-0.25, -0.2) is 8.42 Å². The first-order valence-electron chi connectivity index (χ1n) is 9.96. The van der Waals surface area contributed by atoms with Gasteiger partial charge in [0.15, 0.2) is 0 Å². The average molecular weight is 482 g/mol. The van der Waals surface area contributed by atoms with Crippen molar-refractivity contribution >= 4 is 33.4 Å². The molecule has 1 aromatic carbocycles. The third-order valence-corrected chi connectivity index (χ3v) is 7.77. The van der Waals surface area contributed by atoms with Crippen LogP contribution in [0.4, 0.5) is 13.2 Å². The van der Waals surface area contributed by atoms with Gasteiger partial charge in [-0.05, 0) is 43.9 Å². The molecule has 0 aliphatic carbocycles. The van der Waals surface area contributed by atoms with Gasteiger partial charge in [-0.3, -0.25) is 9.59 Å². The predicted octanol–water partition coefficient (Wildman–Crippen LogP) is 2.80. The summed E-state index contributed by atoms with van der Waals surface area (Å²) in [7, 11) is -3.90. The number of sulfonamides is 1. The van der Waals surface area contributed by atoms with Gasteiger partial charge in [-0.2, -0.15) is 17.5 Å². The third-order valence-electron chi connectivity index (χ3n) is 5.39. The van der Waals surface area contributed by atoms with E-state index in [9.17, 15) is 31.2 Å². The van der Waals surface area contributed by atoms with Gasteiger partial charge in [0, 0.05) is 25.2 Å². The van der Waals surface area contributed by atoms with Crippen LogP contribution in [0, 0.1) is 0 Å². The second-order valence-corrected chi connectivity index (χ2v) is 9.91. The topological polar surface area (TPSA) is 86.8 Å². The van der Waals surface area contributed by atoms with Crippen LogP contribution in [-0.2, 0) is 14.8 Å². The van der Waals surface area contributed by atoms with E-state index < -0.39 is 40.6 Å². The van der Waals surface area contributed by atoms with Crippen LogP contribution in [0.1, 0.15) is 42.5 Å². The molecule has 2 fully saturated rings. The van der Waals surface area contributed by atoms with Gasteiger partial charge in [0.2, 0.25) is 15.9 Å². The molecule has 31 heavy (non-hydrogen) atoms. The number of likely N-dealkylation sites (tertiary alicyclic amines) is 1. The fourth-order valence-corrected chi connectivity index (χ4v) is 5.85. The molecule has 2 aliphatic rings. The van der Waals surface area contributed by atoms with E-state index in [-0.39, 0.29) is 28.4 Å². The number of nitrogens with one attached hydrogen (secondary N) is 1. The summed E-state index contributed by atoms with van der Waals surface area (Å²) in [5, 5.41) is 1.78. The fourth-order valence-electron chi connectivity index (χ4n) is 3.83. The highest BCUT2D eigenvalue weighted by Gasteiger charge is 2.37. The number of carbonyl (C=O) groups is 2. The van der Waals surface area contributed by atoms with E-state index in [0.29, 0.717) is 19.5 Å². The first kappa shape index (κ1) is 23.8. The maximum absolute atomic E-state index is 13.0. The summed E-state index contributed by atoms with van der Waals surface area (Å²) in [5.74, 6) is -1.52. The van der Waals surface area contributed by atoms with E-state index in [2.05, 4.69) is 0 Å². The molecule has 2 amide bonds. The van der Waals surface area contributed by atoms with Gasteiger partial charge in [0.25, 0.3) is 5.91 Å². The number of nitrogens with zero attached hydrogens (tertiary/aromatic N) is 2. The van der Waals surface area contributed by atoms with Crippen molar-refractivity contribution in [3.8, 4) is 0 Å². The fraction of sp³-hybridized carbons (Fsp3) is 0.579. The molecule has 1 unspecified atom stereocenters. The van der Waals surface area contributed by atoms with Crippen LogP contribution >= 0.6 is 11.6 Å². The molecule has 1 atom stereocenters. The van der Waals surface area contributed by atoms with E-state index in [1.54, 1.807) is 0 Å². The van der Waals surface area contributed by atoms with Gasteiger partial charge >= 0.3 is 6.18 Å². The Kier molecular flexibility index (Phi) is 7.17. The molecule has 3 rings (SSSR count). The van der Waals surface area contributed by atoms with E-state index in [1.165, 1.54) is 27.4 Å². The number of rotatable bonds is 5. The second kappa shape index (κ2) is 9.33. The standard InChI is InChI=1S/C19H23ClF3N3O4S/c20-14-7-6-13(11-16(14)31(29,30)25-8-2-1-3-9-25)18(28)26-10-4-5-15(26)17(27)24-12-19(21,22)23/h6-7,11,15H,1-5,8-10,12H2,(H,24,27). The first-order chi connectivity index (χ1) is 14.5. The number of hydrogen-bond acceptors (Lipinski definition) is 4. The number of hydrogen-bond donors (Lipinski definition) is 1. The Bertz CT molecular complexity index is 949. The molecule has 1 aromatic rings. The van der Waals surface area contributed by atoms with E-state index in [0.717, 1.165) is 19.3 Å². The number of benzene rings is 1. The lowest BCUT2D eigenvalue weighted by Gasteiger charge is -2.27. The number of piperidine rings is 1. The summed E-state index contributed by atoms with van der Waals surface area (Å²) in [6.07, 6.45) is -1.48. The molecule has 12 heteroatoms. The lowest BCUT2D eigenvalue weighted by atomic mass is 10.1. The van der Waals surface area contributed by atoms with Crippen LogP contribution in [0.2, 0.25) is 5.02 Å². The SMILES string of the molecule is O=C(NCC(F)(F)F)C1CCCN1C(=O)c1ccc(Cl)c(S(=O)(=O)N2CCCCC2)c1. The molecule has 0 spiro atoms. The molecule has 7 nitrogen and oxygen atoms in total. The van der Waals surface area contributed by atoms with E-state index >= 15 is 0 Å². The van der Waals surface area contributed by atoms with E-state index in [4.69, 9.17) is 11.6 Å². The number of amides is 2. The van der Waals surface area contributed by atoms with E-state index in [1.807, 2.05) is 5.32 Å². The highest BCUT2D eigenvalue weighted by molar-refractivity contribution is 7.89. The molecule has 1 N–H and O–H groups in total. The molecular formula is C19H23ClF3N3O4S. The Hall–Kier alpha value is -1.85. The zero-order chi connectivity index (χ0) is 22.8. The van der Waals surface area contributed by atoms with Gasteiger partial charge in [0.1, 0.15) is 17.5 Å². The minimum Gasteiger partial charge on any atom is -0.345 e. The molecule has 2 saturated heterocycles. The maximum atomic E-state index is 13.0. The molecule has 0 saturated carbocycles. The Balaban J connectivity index is 1.81. The smallest absolute Gasteiger partial charge is 0.345 e. The highest BCUT2D eigenvalue weighted by Crippen LogP contribution is 2.29. The summed E-state index contributed by atoms with van der Waals surface area (Å²) in [6.45, 7) is -0.571. The monoisotopic (exact) mass is 481 g/mol. The molecule has 0 aromatic heterocycles. The van der Waals surface area contributed by atoms with Crippen molar-refractivity contribution in [1.29, 1.82) is 0 Å². The predicted molar refractivity (Wildman–Crippen MR) is 107 cm³/mol. The molecule has 0 radical (unpaired) electrons. The zero-order valence-electron chi connectivity index (χ0n) is 16.6. The number of carbonyl (C=O) groups excluding carboxylic acids is 2. The van der Waals surface area contributed by atoms with Crippen molar-refractivity contribution in [3.05, 3.63) is 28.8 Å². The second-order valence-electron chi connectivity index (χ2n) is 7.60. The molecule has 172 valence electrons. The third kappa shape index (κ3) is 5.50. The normalized spacial score (nSPS) is 20.6. The number of halogens is 4. The van der Waals surface area contributed by atoms with Crippen LogP contribution in [0.3, 0.4) is 0 Å². The highest BCUT2D eigenvalue weighted by atomic mass is 35.5. The molecular weight excluding hydrogens is 459 g/mol. The van der Waals surface area contributed by atoms with Gasteiger partial charge in [-0.15, -0.1) is 0 Å². The molecule has 2 heterocycles. The quantitative estimate of drug-likeness (QED) is 0.700. The minimum absolute atomic E-state index is 0.00973. The molecule has 2 aliphatic heterocycles. The molecule has 0 bridgehead atoms. The minimum atomic E-state index is -4.56. The van der Waals surface area contributed by atoms with Gasteiger partial charge in [-0.1, -0.05) is 18.0 Å². The van der Waals surface area contributed by atoms with Crippen molar-refractivity contribution in [2.24, 2.45) is 0 Å². The Morgan fingerprint density at radius 2 is 1.77 bits per heavy atom. The summed E-state index contributed by atoms with van der Waals surface area (Å²) in [4.78, 5) is 26.2. The number of alkyl halides is 3. The first-order valence-corrected chi connectivity index (χ1v) is 11.8. The van der Waals surface area contributed by atoms with Crippen molar-refractivity contribution in [2.75, 3.05) is 26.2 Å². The van der Waals surface area contributed by atoms with Crippen molar-refractivity contribution in [3.63, 3.8) is 0 Å². The summed E-state index contributed by atoms with van der Waals surface area (Å²) in [6, 6.07) is 2.79. The van der Waals surface area contributed by atoms with Crippen LogP contribution in [-0.4, -0.2) is 67.8 Å². The largest absolute Gasteiger partial charge is 0.405 e. The van der Waals surface area contributed by atoms with Gasteiger partial charge < -0.3 is 10.2 Å². The summed E-state index contributed by atoms with van der Waals surface area (Å²) in [5.41, 5.74) is 0.00973. The van der Waals surface area contributed by atoms with Gasteiger partial charge in [0.05, 0.1) is 5.02 Å². The van der Waals surface area contributed by atoms with Crippen molar-refractivity contribution in [2.45, 2.75) is 49.2 Å². The van der Waals surface area contributed by atoms with Crippen molar-refractivity contribution in [1.82, 2.24) is 14.5 Å². The Labute approximate surface area is 183 Å². The van der Waals surface area contributed by atoms with Crippen molar-refractivity contribution < 1.29 is 31.2 Å². The van der Waals surface area contributed by atoms with Crippen LogP contribution in [0.15, 0.2) is 23.1 Å². The lowest BCUT2D eigenvalue weighted by Crippen LogP contribution is -2.48. The zero-order valence-corrected chi connectivity index (χ0v) is 18.2. The van der Waals surface area contributed by atoms with Crippen LogP contribution < -0.4 is 5.32 Å². The van der Waals surface area contributed by atoms with Crippen LogP contribution in [0.25, 0.3) is 0 Å². The summed E-state index contributed by atoms with van der Waals surface area (Å²) < 4.78 is 64.5. The Morgan fingerprint density at radius 1 is 1.10 bits per heavy atom.